The van der Waals surface area contributed by atoms with Gasteiger partial charge in [0.2, 0.25) is 5.95 Å². The molecule has 104 valence electrons. The minimum atomic E-state index is -0.194. The second kappa shape index (κ2) is 5.86. The third kappa shape index (κ3) is 3.56. The number of hydrogen-bond donors (Lipinski definition) is 2. The Labute approximate surface area is 113 Å². The predicted molar refractivity (Wildman–Crippen MR) is 75.3 cm³/mol. The first-order valence-corrected chi connectivity index (χ1v) is 6.63. The van der Waals surface area contributed by atoms with E-state index in [1.165, 1.54) is 19.3 Å². The van der Waals surface area contributed by atoms with Gasteiger partial charge < -0.3 is 15.5 Å². The molecule has 1 aromatic rings. The van der Waals surface area contributed by atoms with Crippen LogP contribution < -0.4 is 15.5 Å². The molecule has 1 aromatic heterocycles. The lowest BCUT2D eigenvalue weighted by molar-refractivity contribution is 0.222. The summed E-state index contributed by atoms with van der Waals surface area (Å²) in [6.07, 6.45) is 6.91. The highest BCUT2D eigenvalue weighted by Gasteiger charge is 2.24. The van der Waals surface area contributed by atoms with E-state index in [0.717, 1.165) is 0 Å². The Hall–Kier alpha value is -1.85. The standard InChI is InChI=1S/C13H21N5O/c1-9(10-5-4-6-10)16-13(19)17-11-7-14-12(15-8-11)18(2)3/h7-10H,4-6H2,1-3H3,(H2,16,17,19)/t9-/m1/s1. The molecule has 1 heterocycles. The van der Waals surface area contributed by atoms with Gasteiger partial charge in [-0.1, -0.05) is 6.42 Å². The minimum absolute atomic E-state index is 0.194. The van der Waals surface area contributed by atoms with E-state index in [0.29, 0.717) is 17.6 Å². The first-order valence-electron chi connectivity index (χ1n) is 6.63. The van der Waals surface area contributed by atoms with Gasteiger partial charge in [-0.2, -0.15) is 0 Å². The van der Waals surface area contributed by atoms with Crippen LogP contribution >= 0.6 is 0 Å². The van der Waals surface area contributed by atoms with Gasteiger partial charge in [0, 0.05) is 20.1 Å². The van der Waals surface area contributed by atoms with Gasteiger partial charge in [0.15, 0.2) is 0 Å². The lowest BCUT2D eigenvalue weighted by Gasteiger charge is -2.31. The zero-order valence-electron chi connectivity index (χ0n) is 11.7. The van der Waals surface area contributed by atoms with E-state index in [1.54, 1.807) is 12.4 Å². The van der Waals surface area contributed by atoms with Crippen molar-refractivity contribution in [2.75, 3.05) is 24.3 Å². The molecule has 6 nitrogen and oxygen atoms in total. The van der Waals surface area contributed by atoms with Crippen LogP contribution in [-0.4, -0.2) is 36.1 Å². The van der Waals surface area contributed by atoms with Gasteiger partial charge in [-0.25, -0.2) is 14.8 Å². The number of nitrogens with zero attached hydrogens (tertiary/aromatic N) is 3. The lowest BCUT2D eigenvalue weighted by atomic mass is 9.80. The van der Waals surface area contributed by atoms with Crippen LogP contribution in [0.2, 0.25) is 0 Å². The fourth-order valence-corrected chi connectivity index (χ4v) is 2.05. The molecule has 6 heteroatoms. The number of carbonyl (C=O) groups is 1. The molecule has 2 amide bonds. The fourth-order valence-electron chi connectivity index (χ4n) is 2.05. The van der Waals surface area contributed by atoms with Crippen molar-refractivity contribution >= 4 is 17.7 Å². The average Bonchev–Trinajstić information content (AvgIpc) is 2.26. The molecule has 2 rings (SSSR count). The summed E-state index contributed by atoms with van der Waals surface area (Å²) in [6.45, 7) is 2.05. The van der Waals surface area contributed by atoms with Crippen molar-refractivity contribution in [3.63, 3.8) is 0 Å². The normalized spacial score (nSPS) is 16.4. The SMILES string of the molecule is C[C@@H](NC(=O)Nc1cnc(N(C)C)nc1)C1CCC1. The second-order valence-electron chi connectivity index (χ2n) is 5.24. The largest absolute Gasteiger partial charge is 0.347 e. The molecule has 2 N–H and O–H groups in total. The van der Waals surface area contributed by atoms with Crippen molar-refractivity contribution in [3.05, 3.63) is 12.4 Å². The maximum atomic E-state index is 11.8. The Kier molecular flexibility index (Phi) is 4.19. The molecular weight excluding hydrogens is 242 g/mol. The number of amides is 2. The number of aromatic nitrogens is 2. The molecule has 0 spiro atoms. The first kappa shape index (κ1) is 13.6. The van der Waals surface area contributed by atoms with Crippen molar-refractivity contribution in [1.29, 1.82) is 0 Å². The average molecular weight is 263 g/mol. The van der Waals surface area contributed by atoms with Crippen LogP contribution in [-0.2, 0) is 0 Å². The van der Waals surface area contributed by atoms with Gasteiger partial charge in [-0.05, 0) is 25.7 Å². The van der Waals surface area contributed by atoms with Crippen LogP contribution in [0.3, 0.4) is 0 Å². The highest BCUT2D eigenvalue weighted by Crippen LogP contribution is 2.29. The van der Waals surface area contributed by atoms with Gasteiger partial charge in [0.05, 0.1) is 18.1 Å². The zero-order chi connectivity index (χ0) is 13.8. The van der Waals surface area contributed by atoms with Crippen molar-refractivity contribution in [2.45, 2.75) is 32.2 Å². The second-order valence-corrected chi connectivity index (χ2v) is 5.24. The van der Waals surface area contributed by atoms with Gasteiger partial charge in [-0.3, -0.25) is 0 Å². The Morgan fingerprint density at radius 3 is 2.47 bits per heavy atom. The molecular formula is C13H21N5O. The Morgan fingerprint density at radius 1 is 1.37 bits per heavy atom. The van der Waals surface area contributed by atoms with Crippen LogP contribution in [0.5, 0.6) is 0 Å². The third-order valence-electron chi connectivity index (χ3n) is 3.51. The quantitative estimate of drug-likeness (QED) is 0.869. The van der Waals surface area contributed by atoms with E-state index < -0.39 is 0 Å². The van der Waals surface area contributed by atoms with E-state index >= 15 is 0 Å². The van der Waals surface area contributed by atoms with E-state index in [1.807, 2.05) is 19.0 Å². The molecule has 1 aliphatic rings. The van der Waals surface area contributed by atoms with Crippen molar-refractivity contribution < 1.29 is 4.79 Å². The van der Waals surface area contributed by atoms with E-state index in [-0.39, 0.29) is 12.1 Å². The molecule has 19 heavy (non-hydrogen) atoms. The Bertz CT molecular complexity index is 427. The van der Waals surface area contributed by atoms with E-state index in [2.05, 4.69) is 27.5 Å². The first-order chi connectivity index (χ1) is 9.06. The predicted octanol–water partition coefficient (Wildman–Crippen LogP) is 1.85. The summed E-state index contributed by atoms with van der Waals surface area (Å²) in [5.41, 5.74) is 0.601. The van der Waals surface area contributed by atoms with Gasteiger partial charge >= 0.3 is 6.03 Å². The highest BCUT2D eigenvalue weighted by atomic mass is 16.2. The van der Waals surface area contributed by atoms with Crippen LogP contribution in [0.1, 0.15) is 26.2 Å². The molecule has 0 unspecified atom stereocenters. The topological polar surface area (TPSA) is 70.2 Å². The third-order valence-corrected chi connectivity index (χ3v) is 3.51. The Morgan fingerprint density at radius 2 is 2.00 bits per heavy atom. The van der Waals surface area contributed by atoms with Crippen LogP contribution in [0.25, 0.3) is 0 Å². The smallest absolute Gasteiger partial charge is 0.319 e. The van der Waals surface area contributed by atoms with Crippen LogP contribution in [0.4, 0.5) is 16.4 Å². The van der Waals surface area contributed by atoms with Crippen LogP contribution in [0.15, 0.2) is 12.4 Å². The molecule has 0 aliphatic heterocycles. The summed E-state index contributed by atoms with van der Waals surface area (Å²) >= 11 is 0. The number of nitrogens with one attached hydrogen (secondary N) is 2. The molecule has 0 bridgehead atoms. The van der Waals surface area contributed by atoms with Crippen molar-refractivity contribution in [2.24, 2.45) is 5.92 Å². The number of anilines is 2. The molecule has 1 aliphatic carbocycles. The monoisotopic (exact) mass is 263 g/mol. The van der Waals surface area contributed by atoms with E-state index in [9.17, 15) is 4.79 Å². The minimum Gasteiger partial charge on any atom is -0.347 e. The Balaban J connectivity index is 1.84. The summed E-state index contributed by atoms with van der Waals surface area (Å²) in [7, 11) is 3.74. The van der Waals surface area contributed by atoms with Crippen molar-refractivity contribution in [1.82, 2.24) is 15.3 Å². The van der Waals surface area contributed by atoms with Crippen molar-refractivity contribution in [3.8, 4) is 0 Å². The molecule has 0 radical (unpaired) electrons. The van der Waals surface area contributed by atoms with Gasteiger partial charge in [0.25, 0.3) is 0 Å². The lowest BCUT2D eigenvalue weighted by Crippen LogP contribution is -2.42. The van der Waals surface area contributed by atoms with Gasteiger partial charge in [-0.15, -0.1) is 0 Å². The maximum Gasteiger partial charge on any atom is 0.319 e. The summed E-state index contributed by atoms with van der Waals surface area (Å²) in [6, 6.07) is 0.0244. The van der Waals surface area contributed by atoms with E-state index in [4.69, 9.17) is 0 Å². The fraction of sp³-hybridized carbons (Fsp3) is 0.615. The molecule has 0 saturated heterocycles. The number of hydrogen-bond acceptors (Lipinski definition) is 4. The molecule has 1 atom stereocenters. The zero-order valence-corrected chi connectivity index (χ0v) is 11.7. The van der Waals surface area contributed by atoms with Gasteiger partial charge in [0.1, 0.15) is 0 Å². The van der Waals surface area contributed by atoms with Crippen LogP contribution in [0, 0.1) is 5.92 Å². The molecule has 0 aromatic carbocycles. The number of rotatable bonds is 4. The summed E-state index contributed by atoms with van der Waals surface area (Å²) < 4.78 is 0. The number of carbonyl (C=O) groups excluding carboxylic acids is 1. The number of urea groups is 1. The summed E-state index contributed by atoms with van der Waals surface area (Å²) in [4.78, 5) is 21.9. The summed E-state index contributed by atoms with van der Waals surface area (Å²) in [5, 5.41) is 5.70. The molecule has 1 saturated carbocycles. The summed E-state index contributed by atoms with van der Waals surface area (Å²) in [5.74, 6) is 1.24. The highest BCUT2D eigenvalue weighted by molar-refractivity contribution is 5.89. The molecule has 1 fully saturated rings. The maximum absolute atomic E-state index is 11.8.